The van der Waals surface area contributed by atoms with Gasteiger partial charge in [-0.25, -0.2) is 0 Å². The molecule has 5 heteroatoms. The Morgan fingerprint density at radius 1 is 1.07 bits per heavy atom. The molecule has 1 aromatic carbocycles. The molecule has 5 rings (SSSR count). The van der Waals surface area contributed by atoms with Gasteiger partial charge < -0.3 is 14.8 Å². The summed E-state index contributed by atoms with van der Waals surface area (Å²) in [4.78, 5) is 34.0. The monoisotopic (exact) mass is 379 g/mol. The van der Waals surface area contributed by atoms with Gasteiger partial charge in [0.15, 0.2) is 0 Å². The first-order valence-electron chi connectivity index (χ1n) is 10.8. The fourth-order valence-corrected chi connectivity index (χ4v) is 5.70. The summed E-state index contributed by atoms with van der Waals surface area (Å²) in [5.74, 6) is 0.662. The van der Waals surface area contributed by atoms with Crippen LogP contribution in [0.25, 0.3) is 10.9 Å². The average Bonchev–Trinajstić information content (AvgIpc) is 3.08. The Morgan fingerprint density at radius 2 is 1.82 bits per heavy atom. The van der Waals surface area contributed by atoms with Gasteiger partial charge in [-0.3, -0.25) is 9.59 Å². The lowest BCUT2D eigenvalue weighted by molar-refractivity contribution is -0.163. The molecule has 1 aromatic heterocycles. The zero-order chi connectivity index (χ0) is 19.4. The standard InChI is InChI=1S/C23H29N3O2/c1-14(2)25-13-20(27)26-19(23(25)28)12-17-16-10-6-7-11-18(16)24-21(17)22(26)15-8-4-3-5-9-15/h6-7,10-11,14-15,19,22,24H,3-5,8-9,12-13H2,1-2H3/t19-,22?/m1/s1. The smallest absolute Gasteiger partial charge is 0.246 e. The zero-order valence-electron chi connectivity index (χ0n) is 16.8. The van der Waals surface area contributed by atoms with E-state index in [1.54, 1.807) is 4.90 Å². The highest BCUT2D eigenvalue weighted by Crippen LogP contribution is 2.46. The highest BCUT2D eigenvalue weighted by molar-refractivity contribution is 5.97. The van der Waals surface area contributed by atoms with Crippen LogP contribution >= 0.6 is 0 Å². The first-order chi connectivity index (χ1) is 13.6. The van der Waals surface area contributed by atoms with Crippen molar-refractivity contribution < 1.29 is 9.59 Å². The molecule has 2 amide bonds. The van der Waals surface area contributed by atoms with Crippen LogP contribution in [0, 0.1) is 5.92 Å². The van der Waals surface area contributed by atoms with Gasteiger partial charge in [-0.1, -0.05) is 37.5 Å². The highest BCUT2D eigenvalue weighted by Gasteiger charge is 2.50. The third-order valence-corrected chi connectivity index (χ3v) is 7.06. The molecule has 1 aliphatic carbocycles. The summed E-state index contributed by atoms with van der Waals surface area (Å²) in [5, 5.41) is 1.21. The first-order valence-corrected chi connectivity index (χ1v) is 10.8. The molecule has 148 valence electrons. The second-order valence-corrected chi connectivity index (χ2v) is 8.99. The van der Waals surface area contributed by atoms with Crippen molar-refractivity contribution in [3.63, 3.8) is 0 Å². The van der Waals surface area contributed by atoms with Crippen LogP contribution in [0.15, 0.2) is 24.3 Å². The van der Waals surface area contributed by atoms with Gasteiger partial charge in [0.1, 0.15) is 12.6 Å². The fourth-order valence-electron chi connectivity index (χ4n) is 5.70. The van der Waals surface area contributed by atoms with Crippen LogP contribution < -0.4 is 0 Å². The van der Waals surface area contributed by atoms with E-state index in [-0.39, 0.29) is 36.5 Å². The fraction of sp³-hybridized carbons (Fsp3) is 0.565. The van der Waals surface area contributed by atoms with Crippen molar-refractivity contribution in [1.29, 1.82) is 0 Å². The molecule has 0 radical (unpaired) electrons. The van der Waals surface area contributed by atoms with Gasteiger partial charge in [-0.2, -0.15) is 0 Å². The Bertz CT molecular complexity index is 925. The lowest BCUT2D eigenvalue weighted by atomic mass is 9.77. The van der Waals surface area contributed by atoms with Crippen LogP contribution in [0.1, 0.15) is 63.3 Å². The minimum atomic E-state index is -0.359. The number of piperazine rings is 1. The van der Waals surface area contributed by atoms with Gasteiger partial charge in [0.25, 0.3) is 0 Å². The van der Waals surface area contributed by atoms with Crippen LogP contribution in [-0.4, -0.2) is 45.2 Å². The summed E-state index contributed by atoms with van der Waals surface area (Å²) >= 11 is 0. The lowest BCUT2D eigenvalue weighted by Crippen LogP contribution is -2.64. The topological polar surface area (TPSA) is 56.4 Å². The molecule has 3 heterocycles. The molecule has 1 unspecified atom stereocenters. The number of fused-ring (bicyclic) bond motifs is 4. The van der Waals surface area contributed by atoms with Crippen LogP contribution in [0.3, 0.4) is 0 Å². The number of rotatable bonds is 2. The molecule has 2 aromatic rings. The van der Waals surface area contributed by atoms with Gasteiger partial charge in [-0.05, 0) is 44.2 Å². The number of aromatic nitrogens is 1. The second-order valence-electron chi connectivity index (χ2n) is 8.99. The normalized spacial score (nSPS) is 26.1. The largest absolute Gasteiger partial charge is 0.356 e. The van der Waals surface area contributed by atoms with E-state index >= 15 is 0 Å². The summed E-state index contributed by atoms with van der Waals surface area (Å²) in [6.45, 7) is 4.21. The summed E-state index contributed by atoms with van der Waals surface area (Å²) in [6, 6.07) is 8.06. The Morgan fingerprint density at radius 3 is 2.57 bits per heavy atom. The molecule has 0 bridgehead atoms. The number of nitrogens with one attached hydrogen (secondary N) is 1. The van der Waals surface area contributed by atoms with E-state index < -0.39 is 0 Å². The molecule has 1 N–H and O–H groups in total. The third-order valence-electron chi connectivity index (χ3n) is 7.06. The van der Waals surface area contributed by atoms with E-state index in [1.807, 2.05) is 24.8 Å². The van der Waals surface area contributed by atoms with Gasteiger partial charge in [0.2, 0.25) is 11.8 Å². The molecule has 28 heavy (non-hydrogen) atoms. The average molecular weight is 380 g/mol. The number of carbonyl (C=O) groups is 2. The Kier molecular flexibility index (Phi) is 4.22. The van der Waals surface area contributed by atoms with E-state index in [2.05, 4.69) is 23.2 Å². The van der Waals surface area contributed by atoms with Crippen LogP contribution in [0.5, 0.6) is 0 Å². The quantitative estimate of drug-likeness (QED) is 0.863. The maximum atomic E-state index is 13.4. The number of carbonyl (C=O) groups excluding carboxylic acids is 2. The van der Waals surface area contributed by atoms with Crippen molar-refractivity contribution in [2.24, 2.45) is 5.92 Å². The number of amides is 2. The second kappa shape index (κ2) is 6.64. The predicted octanol–water partition coefficient (Wildman–Crippen LogP) is 3.79. The molecule has 2 atom stereocenters. The summed E-state index contributed by atoms with van der Waals surface area (Å²) in [7, 11) is 0. The number of para-hydroxylation sites is 1. The highest BCUT2D eigenvalue weighted by atomic mass is 16.2. The van der Waals surface area contributed by atoms with E-state index in [9.17, 15) is 9.59 Å². The van der Waals surface area contributed by atoms with Gasteiger partial charge in [0.05, 0.1) is 6.04 Å². The SMILES string of the molecule is CC(C)N1CC(=O)N2C(C3CCCCC3)c3[nH]c4ccccc4c3C[C@@H]2C1=O. The maximum absolute atomic E-state index is 13.4. The number of nitrogens with zero attached hydrogens (tertiary/aromatic N) is 2. The van der Waals surface area contributed by atoms with E-state index in [1.165, 1.54) is 35.9 Å². The molecule has 5 nitrogen and oxygen atoms in total. The van der Waals surface area contributed by atoms with Crippen molar-refractivity contribution in [2.45, 2.75) is 70.5 Å². The lowest BCUT2D eigenvalue weighted by Gasteiger charge is -2.50. The molecule has 2 fully saturated rings. The molecule has 3 aliphatic rings. The molecule has 2 aliphatic heterocycles. The molecule has 1 saturated heterocycles. The Hall–Kier alpha value is -2.30. The van der Waals surface area contributed by atoms with Crippen LogP contribution in [0.2, 0.25) is 0 Å². The van der Waals surface area contributed by atoms with Gasteiger partial charge in [0, 0.05) is 29.1 Å². The maximum Gasteiger partial charge on any atom is 0.246 e. The number of H-pyrrole nitrogens is 1. The summed E-state index contributed by atoms with van der Waals surface area (Å²) in [5.41, 5.74) is 3.55. The van der Waals surface area contributed by atoms with Crippen LogP contribution in [-0.2, 0) is 16.0 Å². The Labute approximate surface area is 166 Å². The molecule has 1 saturated carbocycles. The van der Waals surface area contributed by atoms with Crippen LogP contribution in [0.4, 0.5) is 0 Å². The summed E-state index contributed by atoms with van der Waals surface area (Å²) in [6.07, 6.45) is 6.61. The van der Waals surface area contributed by atoms with Gasteiger partial charge in [-0.15, -0.1) is 0 Å². The molecule has 0 spiro atoms. The van der Waals surface area contributed by atoms with Crippen molar-refractivity contribution in [1.82, 2.24) is 14.8 Å². The minimum Gasteiger partial charge on any atom is -0.356 e. The Balaban J connectivity index is 1.66. The van der Waals surface area contributed by atoms with E-state index in [0.29, 0.717) is 12.3 Å². The zero-order valence-corrected chi connectivity index (χ0v) is 16.8. The minimum absolute atomic E-state index is 0.00668. The number of benzene rings is 1. The molecular formula is C23H29N3O2. The summed E-state index contributed by atoms with van der Waals surface area (Å²) < 4.78 is 0. The van der Waals surface area contributed by atoms with Crippen molar-refractivity contribution in [3.8, 4) is 0 Å². The van der Waals surface area contributed by atoms with Crippen molar-refractivity contribution in [2.75, 3.05) is 6.54 Å². The number of hydrogen-bond acceptors (Lipinski definition) is 2. The van der Waals surface area contributed by atoms with E-state index in [0.717, 1.165) is 18.4 Å². The van der Waals surface area contributed by atoms with Crippen molar-refractivity contribution >= 4 is 22.7 Å². The predicted molar refractivity (Wildman–Crippen MR) is 109 cm³/mol. The third kappa shape index (κ3) is 2.59. The molecular weight excluding hydrogens is 350 g/mol. The first kappa shape index (κ1) is 17.8. The van der Waals surface area contributed by atoms with Crippen molar-refractivity contribution in [3.05, 3.63) is 35.5 Å². The van der Waals surface area contributed by atoms with Gasteiger partial charge >= 0.3 is 0 Å². The van der Waals surface area contributed by atoms with E-state index in [4.69, 9.17) is 0 Å². The number of hydrogen-bond donors (Lipinski definition) is 1. The number of aromatic amines is 1.